The summed E-state index contributed by atoms with van der Waals surface area (Å²) in [5.74, 6) is 0.624. The van der Waals surface area contributed by atoms with Crippen molar-refractivity contribution in [2.75, 3.05) is 13.1 Å². The Morgan fingerprint density at radius 2 is 2.29 bits per heavy atom. The summed E-state index contributed by atoms with van der Waals surface area (Å²) in [7, 11) is 0. The van der Waals surface area contributed by atoms with Gasteiger partial charge in [-0.3, -0.25) is 4.79 Å². The molecule has 0 saturated carbocycles. The van der Waals surface area contributed by atoms with E-state index in [9.17, 15) is 4.79 Å². The molecule has 82 valence electrons. The Hall–Kier alpha value is -0.570. The number of carboxylic acid groups (broad SMARTS) is 1. The molecule has 2 atom stereocenters. The van der Waals surface area contributed by atoms with E-state index in [4.69, 9.17) is 5.11 Å². The van der Waals surface area contributed by atoms with E-state index in [1.54, 1.807) is 0 Å². The topological polar surface area (TPSA) is 49.3 Å². The molecule has 1 fully saturated rings. The van der Waals surface area contributed by atoms with Crippen LogP contribution in [0.25, 0.3) is 0 Å². The number of aliphatic carboxylic acids is 1. The molecule has 3 heteroatoms. The zero-order chi connectivity index (χ0) is 10.4. The monoisotopic (exact) mass is 199 g/mol. The lowest BCUT2D eigenvalue weighted by molar-refractivity contribution is -0.137. The van der Waals surface area contributed by atoms with Gasteiger partial charge < -0.3 is 10.4 Å². The SMILES string of the molecule is CC(CCC(=O)O)C1CCCNCC1. The fraction of sp³-hybridized carbons (Fsp3) is 0.909. The zero-order valence-electron chi connectivity index (χ0n) is 8.96. The summed E-state index contributed by atoms with van der Waals surface area (Å²) in [5.41, 5.74) is 0. The molecule has 1 heterocycles. The molecule has 0 radical (unpaired) electrons. The normalized spacial score (nSPS) is 25.4. The van der Waals surface area contributed by atoms with Crippen molar-refractivity contribution < 1.29 is 9.90 Å². The number of nitrogens with one attached hydrogen (secondary N) is 1. The Kier molecular flexibility index (Phi) is 4.94. The first-order valence-electron chi connectivity index (χ1n) is 5.62. The van der Waals surface area contributed by atoms with E-state index in [0.29, 0.717) is 12.3 Å². The van der Waals surface area contributed by atoms with E-state index in [-0.39, 0.29) is 0 Å². The van der Waals surface area contributed by atoms with Gasteiger partial charge >= 0.3 is 5.97 Å². The van der Waals surface area contributed by atoms with Crippen molar-refractivity contribution in [3.63, 3.8) is 0 Å². The molecular weight excluding hydrogens is 178 g/mol. The van der Waals surface area contributed by atoms with Gasteiger partial charge in [0.25, 0.3) is 0 Å². The average molecular weight is 199 g/mol. The van der Waals surface area contributed by atoms with Crippen molar-refractivity contribution in [1.29, 1.82) is 0 Å². The minimum absolute atomic E-state index is 0.324. The van der Waals surface area contributed by atoms with Crippen molar-refractivity contribution >= 4 is 5.97 Å². The Labute approximate surface area is 85.9 Å². The molecule has 0 aliphatic carbocycles. The van der Waals surface area contributed by atoms with Crippen LogP contribution in [0.3, 0.4) is 0 Å². The van der Waals surface area contributed by atoms with Gasteiger partial charge in [-0.1, -0.05) is 6.92 Å². The van der Waals surface area contributed by atoms with E-state index in [0.717, 1.165) is 25.4 Å². The average Bonchev–Trinajstić information content (AvgIpc) is 2.42. The molecule has 1 aliphatic heterocycles. The van der Waals surface area contributed by atoms with Crippen molar-refractivity contribution in [3.05, 3.63) is 0 Å². The van der Waals surface area contributed by atoms with Crippen LogP contribution in [0.15, 0.2) is 0 Å². The minimum Gasteiger partial charge on any atom is -0.481 e. The molecule has 1 saturated heterocycles. The van der Waals surface area contributed by atoms with Gasteiger partial charge in [-0.25, -0.2) is 0 Å². The Bertz CT molecular complexity index is 174. The van der Waals surface area contributed by atoms with Crippen LogP contribution in [0.5, 0.6) is 0 Å². The highest BCUT2D eigenvalue weighted by atomic mass is 16.4. The molecule has 0 aromatic heterocycles. The van der Waals surface area contributed by atoms with Gasteiger partial charge in [-0.2, -0.15) is 0 Å². The molecule has 0 aromatic carbocycles. The highest BCUT2D eigenvalue weighted by molar-refractivity contribution is 5.66. The largest absolute Gasteiger partial charge is 0.481 e. The number of rotatable bonds is 4. The molecule has 14 heavy (non-hydrogen) atoms. The van der Waals surface area contributed by atoms with E-state index >= 15 is 0 Å². The number of hydrogen-bond acceptors (Lipinski definition) is 2. The van der Waals surface area contributed by atoms with Gasteiger partial charge in [-0.05, 0) is 50.6 Å². The molecular formula is C11H21NO2. The summed E-state index contributed by atoms with van der Waals surface area (Å²) in [4.78, 5) is 10.4. The predicted molar refractivity (Wildman–Crippen MR) is 56.2 cm³/mol. The smallest absolute Gasteiger partial charge is 0.303 e. The van der Waals surface area contributed by atoms with Crippen molar-refractivity contribution in [1.82, 2.24) is 5.32 Å². The number of carbonyl (C=O) groups is 1. The lowest BCUT2D eigenvalue weighted by Gasteiger charge is -2.21. The van der Waals surface area contributed by atoms with Crippen LogP contribution in [0.2, 0.25) is 0 Å². The van der Waals surface area contributed by atoms with E-state index in [1.165, 1.54) is 19.3 Å². The lowest BCUT2D eigenvalue weighted by Crippen LogP contribution is -2.17. The highest BCUT2D eigenvalue weighted by Gasteiger charge is 2.19. The van der Waals surface area contributed by atoms with Crippen LogP contribution >= 0.6 is 0 Å². The summed E-state index contributed by atoms with van der Waals surface area (Å²) in [6.07, 6.45) is 4.86. The first-order chi connectivity index (χ1) is 6.70. The number of hydrogen-bond donors (Lipinski definition) is 2. The fourth-order valence-corrected chi connectivity index (χ4v) is 2.20. The van der Waals surface area contributed by atoms with E-state index in [1.807, 2.05) is 0 Å². The summed E-state index contributed by atoms with van der Waals surface area (Å²) in [6.45, 7) is 4.42. The molecule has 0 bridgehead atoms. The van der Waals surface area contributed by atoms with Crippen LogP contribution in [0.4, 0.5) is 0 Å². The second kappa shape index (κ2) is 6.02. The third kappa shape index (κ3) is 4.09. The Morgan fingerprint density at radius 3 is 3.00 bits per heavy atom. The second-order valence-corrected chi connectivity index (χ2v) is 4.35. The van der Waals surface area contributed by atoms with Crippen molar-refractivity contribution in [2.24, 2.45) is 11.8 Å². The van der Waals surface area contributed by atoms with Gasteiger partial charge in [0.1, 0.15) is 0 Å². The van der Waals surface area contributed by atoms with E-state index < -0.39 is 5.97 Å². The minimum atomic E-state index is -0.663. The quantitative estimate of drug-likeness (QED) is 0.726. The van der Waals surface area contributed by atoms with Crippen LogP contribution in [-0.4, -0.2) is 24.2 Å². The van der Waals surface area contributed by atoms with Crippen LogP contribution in [0, 0.1) is 11.8 Å². The Morgan fingerprint density at radius 1 is 1.50 bits per heavy atom. The fourth-order valence-electron chi connectivity index (χ4n) is 2.20. The predicted octanol–water partition coefficient (Wildman–Crippen LogP) is 1.88. The van der Waals surface area contributed by atoms with Crippen LogP contribution in [-0.2, 0) is 4.79 Å². The summed E-state index contributed by atoms with van der Waals surface area (Å²) in [5, 5.41) is 12.0. The molecule has 1 aliphatic rings. The molecule has 3 nitrogen and oxygen atoms in total. The molecule has 0 amide bonds. The van der Waals surface area contributed by atoms with Gasteiger partial charge in [0.2, 0.25) is 0 Å². The zero-order valence-corrected chi connectivity index (χ0v) is 8.96. The van der Waals surface area contributed by atoms with Crippen LogP contribution < -0.4 is 5.32 Å². The van der Waals surface area contributed by atoms with Gasteiger partial charge in [0.15, 0.2) is 0 Å². The third-order valence-corrected chi connectivity index (χ3v) is 3.24. The maximum Gasteiger partial charge on any atom is 0.303 e. The first kappa shape index (κ1) is 11.5. The standard InChI is InChI=1S/C11H21NO2/c1-9(4-5-11(13)14)10-3-2-7-12-8-6-10/h9-10,12H,2-8H2,1H3,(H,13,14). The molecule has 2 N–H and O–H groups in total. The summed E-state index contributed by atoms with van der Waals surface area (Å²) in [6, 6.07) is 0. The molecule has 0 spiro atoms. The van der Waals surface area contributed by atoms with Gasteiger partial charge in [0.05, 0.1) is 0 Å². The van der Waals surface area contributed by atoms with Gasteiger partial charge in [-0.15, -0.1) is 0 Å². The summed E-state index contributed by atoms with van der Waals surface area (Å²) < 4.78 is 0. The maximum atomic E-state index is 10.4. The second-order valence-electron chi connectivity index (χ2n) is 4.35. The van der Waals surface area contributed by atoms with E-state index in [2.05, 4.69) is 12.2 Å². The molecule has 0 aromatic rings. The van der Waals surface area contributed by atoms with Crippen molar-refractivity contribution in [3.8, 4) is 0 Å². The third-order valence-electron chi connectivity index (χ3n) is 3.24. The Balaban J connectivity index is 2.26. The molecule has 2 unspecified atom stereocenters. The highest BCUT2D eigenvalue weighted by Crippen LogP contribution is 2.25. The lowest BCUT2D eigenvalue weighted by atomic mass is 9.85. The summed E-state index contributed by atoms with van der Waals surface area (Å²) >= 11 is 0. The van der Waals surface area contributed by atoms with Crippen LogP contribution in [0.1, 0.15) is 39.0 Å². The molecule has 1 rings (SSSR count). The first-order valence-corrected chi connectivity index (χ1v) is 5.62. The van der Waals surface area contributed by atoms with Gasteiger partial charge in [0, 0.05) is 6.42 Å². The van der Waals surface area contributed by atoms with Crippen molar-refractivity contribution in [2.45, 2.75) is 39.0 Å². The maximum absolute atomic E-state index is 10.4. The number of carboxylic acids is 1.